The minimum absolute atomic E-state index is 0.0988. The first kappa shape index (κ1) is 14.3. The van der Waals surface area contributed by atoms with Crippen LogP contribution in [0.3, 0.4) is 0 Å². The second kappa shape index (κ2) is 6.35. The van der Waals surface area contributed by atoms with Crippen LogP contribution in [0.15, 0.2) is 6.20 Å². The van der Waals surface area contributed by atoms with E-state index < -0.39 is 0 Å². The van der Waals surface area contributed by atoms with Gasteiger partial charge in [-0.15, -0.1) is 0 Å². The summed E-state index contributed by atoms with van der Waals surface area (Å²) in [5, 5.41) is 0. The van der Waals surface area contributed by atoms with Crippen molar-refractivity contribution in [3.05, 3.63) is 23.0 Å². The van der Waals surface area contributed by atoms with Crippen molar-refractivity contribution in [1.29, 1.82) is 0 Å². The van der Waals surface area contributed by atoms with Gasteiger partial charge in [0.05, 0.1) is 13.2 Å². The van der Waals surface area contributed by atoms with Crippen LogP contribution in [0, 0.1) is 13.8 Å². The smallest absolute Gasteiger partial charge is 0.128 e. The van der Waals surface area contributed by atoms with Crippen molar-refractivity contribution >= 4 is 0 Å². The summed E-state index contributed by atoms with van der Waals surface area (Å²) >= 11 is 0. The highest BCUT2D eigenvalue weighted by Crippen LogP contribution is 2.25. The largest absolute Gasteiger partial charge is 0.496 e. The molecular weight excluding hydrogens is 240 g/mol. The lowest BCUT2D eigenvalue weighted by molar-refractivity contribution is 0.0982. The molecule has 2 N–H and O–H groups in total. The highest BCUT2D eigenvalue weighted by molar-refractivity contribution is 5.41. The van der Waals surface area contributed by atoms with Crippen LogP contribution in [-0.4, -0.2) is 30.8 Å². The van der Waals surface area contributed by atoms with E-state index in [2.05, 4.69) is 4.98 Å². The molecule has 1 fully saturated rings. The topological polar surface area (TPSA) is 57.4 Å². The fourth-order valence-corrected chi connectivity index (χ4v) is 2.78. The van der Waals surface area contributed by atoms with E-state index in [1.807, 2.05) is 20.0 Å². The molecule has 106 valence electrons. The second-order valence-corrected chi connectivity index (χ2v) is 5.38. The van der Waals surface area contributed by atoms with Crippen molar-refractivity contribution in [2.75, 3.05) is 13.7 Å². The summed E-state index contributed by atoms with van der Waals surface area (Å²) in [5.74, 6) is 0.925. The van der Waals surface area contributed by atoms with Crippen molar-refractivity contribution in [2.24, 2.45) is 5.73 Å². The number of hydrogen-bond donors (Lipinski definition) is 1. The van der Waals surface area contributed by atoms with Gasteiger partial charge in [0.1, 0.15) is 5.75 Å². The van der Waals surface area contributed by atoms with Crippen LogP contribution in [-0.2, 0) is 11.2 Å². The molecule has 0 amide bonds. The molecule has 0 radical (unpaired) electrons. The van der Waals surface area contributed by atoms with Crippen molar-refractivity contribution in [3.63, 3.8) is 0 Å². The second-order valence-electron chi connectivity index (χ2n) is 5.38. The number of rotatable bonds is 5. The standard InChI is InChI=1S/C15H24N2O2/c1-10-9-17-14(11(2)15(10)18-3)8-12(16)7-13-5-4-6-19-13/h9,12-13H,4-8,16H2,1-3H3. The quantitative estimate of drug-likeness (QED) is 0.885. The fourth-order valence-electron chi connectivity index (χ4n) is 2.78. The lowest BCUT2D eigenvalue weighted by Gasteiger charge is -2.18. The Morgan fingerprint density at radius 2 is 2.32 bits per heavy atom. The van der Waals surface area contributed by atoms with Crippen LogP contribution in [0.2, 0.25) is 0 Å². The molecule has 1 saturated heterocycles. The third-order valence-electron chi connectivity index (χ3n) is 3.79. The van der Waals surface area contributed by atoms with Gasteiger partial charge < -0.3 is 15.2 Å². The third-order valence-corrected chi connectivity index (χ3v) is 3.79. The number of nitrogens with two attached hydrogens (primary N) is 1. The normalized spacial score (nSPS) is 20.5. The first-order valence-electron chi connectivity index (χ1n) is 6.98. The molecule has 0 aromatic carbocycles. The molecule has 2 heterocycles. The predicted octanol–water partition coefficient (Wildman–Crippen LogP) is 2.15. The van der Waals surface area contributed by atoms with Gasteiger partial charge in [-0.25, -0.2) is 0 Å². The summed E-state index contributed by atoms with van der Waals surface area (Å²) < 4.78 is 11.1. The third kappa shape index (κ3) is 3.45. The molecule has 19 heavy (non-hydrogen) atoms. The van der Waals surface area contributed by atoms with Crippen LogP contribution in [0.1, 0.15) is 36.1 Å². The molecule has 1 aliphatic rings. The average molecular weight is 264 g/mol. The fraction of sp³-hybridized carbons (Fsp3) is 0.667. The van der Waals surface area contributed by atoms with Crippen molar-refractivity contribution in [1.82, 2.24) is 4.98 Å². The molecule has 1 aromatic rings. The Hall–Kier alpha value is -1.13. The molecule has 4 nitrogen and oxygen atoms in total. The van der Waals surface area contributed by atoms with Gasteiger partial charge in [0, 0.05) is 42.1 Å². The van der Waals surface area contributed by atoms with Gasteiger partial charge in [0.15, 0.2) is 0 Å². The van der Waals surface area contributed by atoms with Crippen molar-refractivity contribution < 1.29 is 9.47 Å². The first-order valence-corrected chi connectivity index (χ1v) is 6.98. The lowest BCUT2D eigenvalue weighted by atomic mass is 10.00. The zero-order valence-electron chi connectivity index (χ0n) is 12.1. The van der Waals surface area contributed by atoms with E-state index in [0.29, 0.717) is 6.10 Å². The number of aryl methyl sites for hydroxylation is 1. The van der Waals surface area contributed by atoms with E-state index in [4.69, 9.17) is 15.2 Å². The Morgan fingerprint density at radius 1 is 1.53 bits per heavy atom. The maximum Gasteiger partial charge on any atom is 0.128 e. The first-order chi connectivity index (χ1) is 9.11. The molecule has 1 aliphatic heterocycles. The minimum atomic E-state index is 0.0988. The van der Waals surface area contributed by atoms with Crippen LogP contribution >= 0.6 is 0 Å². The van der Waals surface area contributed by atoms with Gasteiger partial charge in [-0.05, 0) is 33.1 Å². The highest BCUT2D eigenvalue weighted by atomic mass is 16.5. The van der Waals surface area contributed by atoms with Crippen LogP contribution in [0.5, 0.6) is 5.75 Å². The van der Waals surface area contributed by atoms with Gasteiger partial charge in [-0.2, -0.15) is 0 Å². The lowest BCUT2D eigenvalue weighted by Crippen LogP contribution is -2.28. The summed E-state index contributed by atoms with van der Waals surface area (Å²) in [4.78, 5) is 4.50. The summed E-state index contributed by atoms with van der Waals surface area (Å²) in [5.41, 5.74) is 9.43. The van der Waals surface area contributed by atoms with Crippen LogP contribution in [0.4, 0.5) is 0 Å². The van der Waals surface area contributed by atoms with E-state index >= 15 is 0 Å². The average Bonchev–Trinajstić information content (AvgIpc) is 2.86. The number of aromatic nitrogens is 1. The van der Waals surface area contributed by atoms with Crippen molar-refractivity contribution in [2.45, 2.75) is 51.7 Å². The predicted molar refractivity (Wildman–Crippen MR) is 75.5 cm³/mol. The van der Waals surface area contributed by atoms with Gasteiger partial charge in [-0.3, -0.25) is 4.98 Å². The summed E-state index contributed by atoms with van der Waals surface area (Å²) in [6, 6.07) is 0.0988. The molecule has 0 spiro atoms. The molecule has 2 unspecified atom stereocenters. The number of methoxy groups -OCH3 is 1. The Bertz CT molecular complexity index is 428. The minimum Gasteiger partial charge on any atom is -0.496 e. The zero-order chi connectivity index (χ0) is 13.8. The number of ether oxygens (including phenoxy) is 2. The Kier molecular flexibility index (Phi) is 4.77. The van der Waals surface area contributed by atoms with Gasteiger partial charge in [0.25, 0.3) is 0 Å². The Labute approximate surface area is 115 Å². The Balaban J connectivity index is 2.01. The number of nitrogens with zero attached hydrogens (tertiary/aromatic N) is 1. The maximum atomic E-state index is 6.22. The van der Waals surface area contributed by atoms with E-state index in [1.54, 1.807) is 7.11 Å². The van der Waals surface area contributed by atoms with Gasteiger partial charge in [-0.1, -0.05) is 0 Å². The van der Waals surface area contributed by atoms with E-state index in [1.165, 1.54) is 0 Å². The molecule has 4 heteroatoms. The van der Waals surface area contributed by atoms with E-state index in [0.717, 1.165) is 54.9 Å². The number of pyridine rings is 1. The zero-order valence-corrected chi connectivity index (χ0v) is 12.1. The van der Waals surface area contributed by atoms with Crippen LogP contribution in [0.25, 0.3) is 0 Å². The molecule has 0 bridgehead atoms. The molecule has 2 rings (SSSR count). The summed E-state index contributed by atoms with van der Waals surface area (Å²) in [7, 11) is 1.70. The number of hydrogen-bond acceptors (Lipinski definition) is 4. The molecule has 0 saturated carbocycles. The molecule has 1 aromatic heterocycles. The van der Waals surface area contributed by atoms with Crippen LogP contribution < -0.4 is 10.5 Å². The van der Waals surface area contributed by atoms with E-state index in [-0.39, 0.29) is 6.04 Å². The monoisotopic (exact) mass is 264 g/mol. The summed E-state index contributed by atoms with van der Waals surface area (Å²) in [6.07, 6.45) is 6.19. The molecule has 2 atom stereocenters. The van der Waals surface area contributed by atoms with E-state index in [9.17, 15) is 0 Å². The van der Waals surface area contributed by atoms with Crippen molar-refractivity contribution in [3.8, 4) is 5.75 Å². The summed E-state index contributed by atoms with van der Waals surface area (Å²) in [6.45, 7) is 4.94. The van der Waals surface area contributed by atoms with Gasteiger partial charge >= 0.3 is 0 Å². The molecular formula is C15H24N2O2. The maximum absolute atomic E-state index is 6.22. The Morgan fingerprint density at radius 3 is 2.95 bits per heavy atom. The van der Waals surface area contributed by atoms with Gasteiger partial charge in [0.2, 0.25) is 0 Å². The SMILES string of the molecule is COc1c(C)cnc(CC(N)CC2CCCO2)c1C. The highest BCUT2D eigenvalue weighted by Gasteiger charge is 2.20. The molecule has 0 aliphatic carbocycles.